The normalized spacial score (nSPS) is 11.8. The molecule has 23 heavy (non-hydrogen) atoms. The monoisotopic (exact) mass is 348 g/mol. The van der Waals surface area contributed by atoms with E-state index >= 15 is 0 Å². The minimum atomic E-state index is -0.454. The molecule has 8 heteroatoms. The minimum Gasteiger partial charge on any atom is -0.377 e. The van der Waals surface area contributed by atoms with Crippen LogP contribution in [0.3, 0.4) is 0 Å². The number of halogens is 1. The van der Waals surface area contributed by atoms with E-state index < -0.39 is 4.92 Å². The van der Waals surface area contributed by atoms with Crippen LogP contribution in [0.5, 0.6) is 0 Å². The molecule has 0 radical (unpaired) electrons. The van der Waals surface area contributed by atoms with Crippen LogP contribution >= 0.6 is 23.4 Å². The average molecular weight is 349 g/mol. The zero-order chi connectivity index (χ0) is 16.7. The second-order valence-electron chi connectivity index (χ2n) is 4.45. The second kappa shape index (κ2) is 8.30. The summed E-state index contributed by atoms with van der Waals surface area (Å²) in [5.41, 5.74) is 7.58. The molecule has 0 heterocycles. The highest BCUT2D eigenvalue weighted by Crippen LogP contribution is 2.15. The molecule has 0 fully saturated rings. The molecule has 0 unspecified atom stereocenters. The first kappa shape index (κ1) is 17.0. The van der Waals surface area contributed by atoms with E-state index in [1.165, 1.54) is 30.1 Å². The lowest BCUT2D eigenvalue weighted by molar-refractivity contribution is -0.384. The Bertz CT molecular complexity index is 730. The average Bonchev–Trinajstić information content (AvgIpc) is 2.55. The number of nitro benzene ring substituents is 1. The summed E-state index contributed by atoms with van der Waals surface area (Å²) < 4.78 is 0. The lowest BCUT2D eigenvalue weighted by atomic mass is 10.2. The number of non-ortho nitro benzene ring substituents is 1. The molecule has 2 N–H and O–H groups in total. The molecular weight excluding hydrogens is 336 g/mol. The van der Waals surface area contributed by atoms with Gasteiger partial charge in [-0.25, -0.2) is 0 Å². The number of nitro groups is 1. The van der Waals surface area contributed by atoms with Crippen LogP contribution in [0.2, 0.25) is 5.02 Å². The molecule has 2 rings (SSSR count). The SMILES string of the molecule is N/C(=N\N=C\c1ccc([N+](=O)[O-])cc1)SCc1ccc(Cl)cc1. The largest absolute Gasteiger partial charge is 0.377 e. The molecule has 0 saturated heterocycles. The molecule has 0 aliphatic rings. The van der Waals surface area contributed by atoms with Gasteiger partial charge < -0.3 is 5.73 Å². The third-order valence-corrected chi connectivity index (χ3v) is 3.87. The molecule has 6 nitrogen and oxygen atoms in total. The Balaban J connectivity index is 1.88. The van der Waals surface area contributed by atoms with Crippen LogP contribution in [0.25, 0.3) is 0 Å². The second-order valence-corrected chi connectivity index (χ2v) is 5.88. The molecule has 0 aromatic heterocycles. The van der Waals surface area contributed by atoms with Crippen molar-refractivity contribution in [2.45, 2.75) is 5.75 Å². The van der Waals surface area contributed by atoms with Crippen molar-refractivity contribution < 1.29 is 4.92 Å². The lowest BCUT2D eigenvalue weighted by Crippen LogP contribution is -2.06. The van der Waals surface area contributed by atoms with Crippen molar-refractivity contribution in [1.82, 2.24) is 0 Å². The Hall–Kier alpha value is -2.38. The molecule has 0 bridgehead atoms. The van der Waals surface area contributed by atoms with E-state index in [1.807, 2.05) is 24.3 Å². The molecule has 0 atom stereocenters. The first-order valence-electron chi connectivity index (χ1n) is 6.53. The van der Waals surface area contributed by atoms with Crippen molar-refractivity contribution in [3.05, 3.63) is 74.8 Å². The maximum Gasteiger partial charge on any atom is 0.269 e. The van der Waals surface area contributed by atoms with Crippen LogP contribution in [0.4, 0.5) is 5.69 Å². The van der Waals surface area contributed by atoms with E-state index in [4.69, 9.17) is 17.3 Å². The maximum atomic E-state index is 10.5. The van der Waals surface area contributed by atoms with Gasteiger partial charge >= 0.3 is 0 Å². The number of rotatable bonds is 5. The third-order valence-electron chi connectivity index (χ3n) is 2.77. The summed E-state index contributed by atoms with van der Waals surface area (Å²) in [5, 5.41) is 19.3. The van der Waals surface area contributed by atoms with Gasteiger partial charge in [0.25, 0.3) is 5.69 Å². The summed E-state index contributed by atoms with van der Waals surface area (Å²) in [6.07, 6.45) is 1.49. The number of benzene rings is 2. The van der Waals surface area contributed by atoms with Crippen molar-refractivity contribution in [3.63, 3.8) is 0 Å². The van der Waals surface area contributed by atoms with E-state index in [9.17, 15) is 10.1 Å². The Kier molecular flexibility index (Phi) is 6.13. The number of nitrogens with zero attached hydrogens (tertiary/aromatic N) is 3. The van der Waals surface area contributed by atoms with Gasteiger partial charge in [0.15, 0.2) is 5.17 Å². The summed E-state index contributed by atoms with van der Waals surface area (Å²) in [6.45, 7) is 0. The van der Waals surface area contributed by atoms with E-state index in [-0.39, 0.29) is 5.69 Å². The highest BCUT2D eigenvalue weighted by Gasteiger charge is 2.02. The summed E-state index contributed by atoms with van der Waals surface area (Å²) in [7, 11) is 0. The fraction of sp³-hybridized carbons (Fsp3) is 0.0667. The molecule has 0 amide bonds. The first-order chi connectivity index (χ1) is 11.0. The van der Waals surface area contributed by atoms with Crippen molar-refractivity contribution in [3.8, 4) is 0 Å². The van der Waals surface area contributed by atoms with E-state index in [0.29, 0.717) is 21.5 Å². The van der Waals surface area contributed by atoms with Crippen molar-refractivity contribution >= 4 is 40.4 Å². The summed E-state index contributed by atoms with van der Waals surface area (Å²) >= 11 is 7.17. The van der Waals surface area contributed by atoms with Gasteiger partial charge in [0.2, 0.25) is 0 Å². The number of hydrogen-bond donors (Lipinski definition) is 1. The van der Waals surface area contributed by atoms with Gasteiger partial charge in [-0.2, -0.15) is 5.10 Å². The smallest absolute Gasteiger partial charge is 0.269 e. The van der Waals surface area contributed by atoms with E-state index in [2.05, 4.69) is 10.2 Å². The number of amidine groups is 1. The van der Waals surface area contributed by atoms with Crippen molar-refractivity contribution in [2.24, 2.45) is 15.9 Å². The van der Waals surface area contributed by atoms with Gasteiger partial charge in [-0.05, 0) is 35.4 Å². The highest BCUT2D eigenvalue weighted by atomic mass is 35.5. The maximum absolute atomic E-state index is 10.5. The van der Waals surface area contributed by atoms with Crippen LogP contribution in [-0.4, -0.2) is 16.3 Å². The van der Waals surface area contributed by atoms with E-state index in [0.717, 1.165) is 5.56 Å². The Morgan fingerprint density at radius 1 is 1.22 bits per heavy atom. The Labute approximate surface area is 142 Å². The molecule has 0 aliphatic carbocycles. The fourth-order valence-corrected chi connectivity index (χ4v) is 2.34. The molecule has 2 aromatic carbocycles. The first-order valence-corrected chi connectivity index (χ1v) is 7.89. The van der Waals surface area contributed by atoms with Gasteiger partial charge in [-0.15, -0.1) is 5.10 Å². The van der Waals surface area contributed by atoms with Crippen LogP contribution in [0.15, 0.2) is 58.7 Å². The van der Waals surface area contributed by atoms with Crippen molar-refractivity contribution in [1.29, 1.82) is 0 Å². The standard InChI is InChI=1S/C15H13ClN4O2S/c16-13-5-1-12(2-6-13)10-23-15(17)19-18-9-11-3-7-14(8-4-11)20(21)22/h1-9H,10H2,(H2,17,19)/b18-9+. The predicted octanol–water partition coefficient (Wildman–Crippen LogP) is 3.83. The zero-order valence-corrected chi connectivity index (χ0v) is 13.5. The van der Waals surface area contributed by atoms with Crippen LogP contribution in [0, 0.1) is 10.1 Å². The molecule has 0 spiro atoms. The molecule has 0 saturated carbocycles. The van der Waals surface area contributed by atoms with Gasteiger partial charge in [-0.3, -0.25) is 10.1 Å². The van der Waals surface area contributed by atoms with Gasteiger partial charge in [0.1, 0.15) is 0 Å². The van der Waals surface area contributed by atoms with E-state index in [1.54, 1.807) is 12.1 Å². The Morgan fingerprint density at radius 3 is 2.48 bits per heavy atom. The minimum absolute atomic E-state index is 0.0312. The zero-order valence-electron chi connectivity index (χ0n) is 11.9. The molecule has 0 aliphatic heterocycles. The van der Waals surface area contributed by atoms with Crippen LogP contribution in [-0.2, 0) is 5.75 Å². The molecular formula is C15H13ClN4O2S. The topological polar surface area (TPSA) is 93.9 Å². The fourth-order valence-electron chi connectivity index (χ4n) is 1.60. The predicted molar refractivity (Wildman–Crippen MR) is 95.1 cm³/mol. The highest BCUT2D eigenvalue weighted by molar-refractivity contribution is 8.13. The number of thioether (sulfide) groups is 1. The van der Waals surface area contributed by atoms with Crippen molar-refractivity contribution in [2.75, 3.05) is 0 Å². The molecule has 118 valence electrons. The number of hydrogen-bond acceptors (Lipinski definition) is 5. The quantitative estimate of drug-likeness (QED) is 0.384. The lowest BCUT2D eigenvalue weighted by Gasteiger charge is -2.00. The summed E-state index contributed by atoms with van der Waals surface area (Å²) in [6, 6.07) is 13.5. The number of nitrogens with two attached hydrogens (primary N) is 1. The van der Waals surface area contributed by atoms with Gasteiger partial charge in [0, 0.05) is 22.9 Å². The summed E-state index contributed by atoms with van der Waals surface area (Å²) in [5.74, 6) is 0.666. The van der Waals surface area contributed by atoms with Gasteiger partial charge in [0.05, 0.1) is 11.1 Å². The summed E-state index contributed by atoms with van der Waals surface area (Å²) in [4.78, 5) is 10.1. The van der Waals surface area contributed by atoms with Gasteiger partial charge in [-0.1, -0.05) is 35.5 Å². The van der Waals surface area contributed by atoms with Crippen LogP contribution in [0.1, 0.15) is 11.1 Å². The van der Waals surface area contributed by atoms with Crippen LogP contribution < -0.4 is 5.73 Å². The molecule has 2 aromatic rings. The third kappa shape index (κ3) is 5.72. The Morgan fingerprint density at radius 2 is 1.87 bits per heavy atom.